The smallest absolute Gasteiger partial charge is 0.194 e. The van der Waals surface area contributed by atoms with E-state index in [4.69, 9.17) is 0 Å². The Balaban J connectivity index is 0.00000161. The van der Waals surface area contributed by atoms with Gasteiger partial charge in [0, 0.05) is 33.1 Å². The number of fused-ring (bicyclic) bond motifs is 1. The lowest BCUT2D eigenvalue weighted by Gasteiger charge is -2.23. The van der Waals surface area contributed by atoms with Gasteiger partial charge in [-0.1, -0.05) is 13.8 Å². The number of hydrogen-bond acceptors (Lipinski definition) is 3. The van der Waals surface area contributed by atoms with Crippen molar-refractivity contribution < 1.29 is 0 Å². The van der Waals surface area contributed by atoms with Gasteiger partial charge in [-0.15, -0.1) is 34.2 Å². The van der Waals surface area contributed by atoms with Crippen molar-refractivity contribution in [2.24, 2.45) is 10.4 Å². The Kier molecular flexibility index (Phi) is 5.11. The van der Waals surface area contributed by atoms with Gasteiger partial charge in [0.15, 0.2) is 11.8 Å². The van der Waals surface area contributed by atoms with E-state index in [1.807, 2.05) is 7.05 Å². The van der Waals surface area contributed by atoms with Gasteiger partial charge < -0.3 is 14.8 Å². The van der Waals surface area contributed by atoms with Gasteiger partial charge in [0.05, 0.1) is 6.54 Å². The molecule has 21 heavy (non-hydrogen) atoms. The monoisotopic (exact) mass is 404 g/mol. The lowest BCUT2D eigenvalue weighted by atomic mass is 9.93. The summed E-state index contributed by atoms with van der Waals surface area (Å²) in [6.07, 6.45) is 3.46. The summed E-state index contributed by atoms with van der Waals surface area (Å²) in [6.45, 7) is 8.51. The molecule has 0 radical (unpaired) electrons. The summed E-state index contributed by atoms with van der Waals surface area (Å²) in [5.41, 5.74) is 0.383. The molecule has 0 aromatic carbocycles. The van der Waals surface area contributed by atoms with Gasteiger partial charge in [-0.05, 0) is 18.3 Å². The first kappa shape index (κ1) is 16.5. The first-order valence-corrected chi connectivity index (χ1v) is 7.46. The van der Waals surface area contributed by atoms with E-state index in [0.717, 1.165) is 43.7 Å². The minimum absolute atomic E-state index is 0. The van der Waals surface area contributed by atoms with E-state index in [-0.39, 0.29) is 24.0 Å². The summed E-state index contributed by atoms with van der Waals surface area (Å²) >= 11 is 0. The van der Waals surface area contributed by atoms with Gasteiger partial charge in [-0.25, -0.2) is 0 Å². The molecule has 3 heterocycles. The van der Waals surface area contributed by atoms with Crippen molar-refractivity contribution in [3.63, 3.8) is 0 Å². The van der Waals surface area contributed by atoms with Crippen LogP contribution in [-0.4, -0.2) is 45.8 Å². The molecule has 1 fully saturated rings. The van der Waals surface area contributed by atoms with Crippen LogP contribution in [0.2, 0.25) is 0 Å². The Morgan fingerprint density at radius 2 is 2.14 bits per heavy atom. The summed E-state index contributed by atoms with van der Waals surface area (Å²) < 4.78 is 2.23. The third kappa shape index (κ3) is 3.49. The number of nitrogens with zero attached hydrogens (tertiary/aromatic N) is 5. The molecule has 6 nitrogen and oxygen atoms in total. The van der Waals surface area contributed by atoms with Gasteiger partial charge in [0.25, 0.3) is 0 Å². The fraction of sp³-hybridized carbons (Fsp3) is 0.786. The molecule has 2 aliphatic heterocycles. The normalized spacial score (nSPS) is 20.3. The predicted octanol–water partition coefficient (Wildman–Crippen LogP) is 1.65. The molecule has 1 aromatic heterocycles. The molecule has 3 rings (SSSR count). The summed E-state index contributed by atoms with van der Waals surface area (Å²) in [7, 11) is 1.85. The number of aryl methyl sites for hydroxylation is 1. The number of hydrogen-bond donors (Lipinski definition) is 1. The largest absolute Gasteiger partial charge is 0.349 e. The fourth-order valence-electron chi connectivity index (χ4n) is 3.13. The maximum atomic E-state index is 4.40. The Morgan fingerprint density at radius 1 is 1.33 bits per heavy atom. The van der Waals surface area contributed by atoms with E-state index in [9.17, 15) is 0 Å². The van der Waals surface area contributed by atoms with Crippen LogP contribution in [0.1, 0.15) is 38.3 Å². The summed E-state index contributed by atoms with van der Waals surface area (Å²) in [5, 5.41) is 12.0. The molecule has 0 unspecified atom stereocenters. The Morgan fingerprint density at radius 3 is 2.81 bits per heavy atom. The second kappa shape index (κ2) is 6.50. The van der Waals surface area contributed by atoms with Crippen LogP contribution >= 0.6 is 24.0 Å². The molecule has 1 aromatic rings. The average molecular weight is 404 g/mol. The molecule has 1 saturated heterocycles. The molecular formula is C14H25IN6. The lowest BCUT2D eigenvalue weighted by molar-refractivity contribution is 0.369. The number of likely N-dealkylation sites (tertiary alicyclic amines) is 1. The molecule has 0 bridgehead atoms. The summed E-state index contributed by atoms with van der Waals surface area (Å²) in [5.74, 6) is 3.13. The predicted molar refractivity (Wildman–Crippen MR) is 93.9 cm³/mol. The zero-order chi connectivity index (χ0) is 14.2. The van der Waals surface area contributed by atoms with Crippen molar-refractivity contribution in [2.75, 3.05) is 20.1 Å². The number of halogens is 1. The highest BCUT2D eigenvalue weighted by molar-refractivity contribution is 14.0. The average Bonchev–Trinajstić information content (AvgIpc) is 3.07. The van der Waals surface area contributed by atoms with E-state index in [1.54, 1.807) is 0 Å². The van der Waals surface area contributed by atoms with Gasteiger partial charge in [0.1, 0.15) is 5.82 Å². The number of nitrogens with one attached hydrogen (secondary N) is 1. The van der Waals surface area contributed by atoms with Gasteiger partial charge in [-0.2, -0.15) is 0 Å². The van der Waals surface area contributed by atoms with Crippen molar-refractivity contribution in [2.45, 2.75) is 46.2 Å². The highest BCUT2D eigenvalue weighted by Crippen LogP contribution is 2.28. The molecule has 7 heteroatoms. The number of rotatable bonds is 2. The van der Waals surface area contributed by atoms with E-state index in [1.165, 1.54) is 12.8 Å². The van der Waals surface area contributed by atoms with Crippen LogP contribution in [0, 0.1) is 5.41 Å². The summed E-state index contributed by atoms with van der Waals surface area (Å²) in [4.78, 5) is 6.74. The topological polar surface area (TPSA) is 58.3 Å². The van der Waals surface area contributed by atoms with Crippen molar-refractivity contribution in [1.29, 1.82) is 0 Å². The second-order valence-corrected chi connectivity index (χ2v) is 6.52. The molecule has 1 N–H and O–H groups in total. The van der Waals surface area contributed by atoms with E-state index < -0.39 is 0 Å². The Hall–Kier alpha value is -0.860. The van der Waals surface area contributed by atoms with Gasteiger partial charge in [0.2, 0.25) is 0 Å². The fourth-order valence-corrected chi connectivity index (χ4v) is 3.13. The molecule has 118 valence electrons. The molecule has 0 spiro atoms. The molecule has 0 saturated carbocycles. The molecule has 0 aliphatic carbocycles. The molecular weight excluding hydrogens is 379 g/mol. The van der Waals surface area contributed by atoms with Crippen molar-refractivity contribution in [1.82, 2.24) is 25.0 Å². The van der Waals surface area contributed by atoms with Crippen LogP contribution in [0.15, 0.2) is 4.99 Å². The van der Waals surface area contributed by atoms with Gasteiger partial charge in [-0.3, -0.25) is 4.99 Å². The Bertz CT molecular complexity index is 522. The summed E-state index contributed by atoms with van der Waals surface area (Å²) in [6, 6.07) is 0. The van der Waals surface area contributed by atoms with Crippen LogP contribution in [0.5, 0.6) is 0 Å². The molecule has 0 amide bonds. The maximum absolute atomic E-state index is 4.40. The van der Waals surface area contributed by atoms with Crippen LogP contribution in [0.25, 0.3) is 0 Å². The van der Waals surface area contributed by atoms with Crippen molar-refractivity contribution in [3.8, 4) is 0 Å². The number of aromatic nitrogens is 3. The Labute approximate surface area is 143 Å². The molecule has 0 atom stereocenters. The van der Waals surface area contributed by atoms with Crippen LogP contribution in [0.4, 0.5) is 0 Å². The highest BCUT2D eigenvalue weighted by atomic mass is 127. The quantitative estimate of drug-likeness (QED) is 0.463. The third-order valence-corrected chi connectivity index (χ3v) is 4.28. The van der Waals surface area contributed by atoms with Crippen LogP contribution in [-0.2, 0) is 19.5 Å². The molecule has 2 aliphatic rings. The van der Waals surface area contributed by atoms with Gasteiger partial charge >= 0.3 is 0 Å². The SMILES string of the molecule is CN=C(NCc1nnc2n1CCC2)N1CCC(C)(C)C1.I. The second-order valence-electron chi connectivity index (χ2n) is 6.52. The minimum atomic E-state index is 0. The first-order valence-electron chi connectivity index (χ1n) is 7.46. The number of guanidine groups is 1. The van der Waals surface area contributed by atoms with Crippen LogP contribution < -0.4 is 5.32 Å². The van der Waals surface area contributed by atoms with Crippen molar-refractivity contribution in [3.05, 3.63) is 11.6 Å². The standard InChI is InChI=1S/C14H24N6.HI/c1-14(2)6-8-19(10-14)13(15-3)16-9-12-18-17-11-5-4-7-20(11)12;/h4-10H2,1-3H3,(H,15,16);1H. The lowest BCUT2D eigenvalue weighted by Crippen LogP contribution is -2.40. The highest BCUT2D eigenvalue weighted by Gasteiger charge is 2.31. The first-order chi connectivity index (χ1) is 9.59. The zero-order valence-electron chi connectivity index (χ0n) is 13.1. The van der Waals surface area contributed by atoms with E-state index in [0.29, 0.717) is 12.0 Å². The third-order valence-electron chi connectivity index (χ3n) is 4.28. The van der Waals surface area contributed by atoms with E-state index in [2.05, 4.69) is 43.8 Å². The number of aliphatic imine (C=N–C) groups is 1. The zero-order valence-corrected chi connectivity index (χ0v) is 15.4. The maximum Gasteiger partial charge on any atom is 0.194 e. The van der Waals surface area contributed by atoms with Crippen molar-refractivity contribution >= 4 is 29.9 Å². The minimum Gasteiger partial charge on any atom is -0.349 e. The van der Waals surface area contributed by atoms with Crippen LogP contribution in [0.3, 0.4) is 0 Å². The van der Waals surface area contributed by atoms with E-state index >= 15 is 0 Å².